The van der Waals surface area contributed by atoms with E-state index in [9.17, 15) is 14.4 Å². The fourth-order valence-electron chi connectivity index (χ4n) is 2.30. The third kappa shape index (κ3) is 5.08. The molecule has 0 saturated carbocycles. The summed E-state index contributed by atoms with van der Waals surface area (Å²) in [6.45, 7) is 2.00. The minimum Gasteiger partial charge on any atom is -0.497 e. The van der Waals surface area contributed by atoms with Crippen molar-refractivity contribution in [2.75, 3.05) is 7.11 Å². The Hall–Kier alpha value is -3.33. The number of hydrogen-bond acceptors (Lipinski definition) is 4. The third-order valence-corrected chi connectivity index (χ3v) is 3.83. The number of carbonyl (C=O) groups excluding carboxylic acids is 1. The van der Waals surface area contributed by atoms with Crippen LogP contribution in [-0.4, -0.2) is 13.0 Å². The number of rotatable bonds is 7. The van der Waals surface area contributed by atoms with Gasteiger partial charge in [0.2, 0.25) is 0 Å². The standard InChI is InChI=1S/C20H20FN3O2/c1-14(15-7-9-18(26-2)10-8-15)24-20(25)17(11-22)13-23-12-16-5-3-4-6-19(16)21/h3-10,13-14,23H,12H2,1-2H3,(H,24,25)/b17-13-. The molecule has 2 aromatic rings. The molecular formula is C20H20FN3O2. The van der Waals surface area contributed by atoms with Crippen molar-refractivity contribution >= 4 is 5.91 Å². The summed E-state index contributed by atoms with van der Waals surface area (Å²) in [7, 11) is 1.58. The molecule has 26 heavy (non-hydrogen) atoms. The van der Waals surface area contributed by atoms with Gasteiger partial charge >= 0.3 is 0 Å². The molecular weight excluding hydrogens is 333 g/mol. The van der Waals surface area contributed by atoms with Crippen molar-refractivity contribution in [1.82, 2.24) is 10.6 Å². The topological polar surface area (TPSA) is 74.1 Å². The first-order valence-corrected chi connectivity index (χ1v) is 8.07. The number of carbonyl (C=O) groups is 1. The maximum Gasteiger partial charge on any atom is 0.263 e. The van der Waals surface area contributed by atoms with Gasteiger partial charge in [0.25, 0.3) is 5.91 Å². The fourth-order valence-corrected chi connectivity index (χ4v) is 2.30. The zero-order valence-electron chi connectivity index (χ0n) is 14.6. The molecule has 0 heterocycles. The third-order valence-electron chi connectivity index (χ3n) is 3.83. The molecule has 0 spiro atoms. The van der Waals surface area contributed by atoms with Crippen LogP contribution in [-0.2, 0) is 11.3 Å². The molecule has 0 fully saturated rings. The second-order valence-corrected chi connectivity index (χ2v) is 5.61. The van der Waals surface area contributed by atoms with Gasteiger partial charge in [-0.1, -0.05) is 30.3 Å². The number of nitriles is 1. The number of ether oxygens (including phenoxy) is 1. The van der Waals surface area contributed by atoms with Crippen molar-refractivity contribution in [1.29, 1.82) is 5.26 Å². The van der Waals surface area contributed by atoms with Gasteiger partial charge in [-0.25, -0.2) is 4.39 Å². The van der Waals surface area contributed by atoms with Gasteiger partial charge in [-0.3, -0.25) is 4.79 Å². The molecule has 1 unspecified atom stereocenters. The molecule has 0 aliphatic heterocycles. The van der Waals surface area contributed by atoms with Gasteiger partial charge in [-0.15, -0.1) is 0 Å². The molecule has 0 aliphatic carbocycles. The van der Waals surface area contributed by atoms with Crippen molar-refractivity contribution in [3.05, 3.63) is 77.2 Å². The average molecular weight is 353 g/mol. The maximum absolute atomic E-state index is 13.6. The summed E-state index contributed by atoms with van der Waals surface area (Å²) in [6.07, 6.45) is 1.29. The first-order chi connectivity index (χ1) is 12.5. The van der Waals surface area contributed by atoms with E-state index < -0.39 is 5.91 Å². The highest BCUT2D eigenvalue weighted by Gasteiger charge is 2.14. The summed E-state index contributed by atoms with van der Waals surface area (Å²) in [5, 5.41) is 14.8. The fraction of sp³-hybridized carbons (Fsp3) is 0.200. The highest BCUT2D eigenvalue weighted by atomic mass is 19.1. The Morgan fingerprint density at radius 1 is 1.27 bits per heavy atom. The largest absolute Gasteiger partial charge is 0.497 e. The molecule has 0 aliphatic rings. The van der Waals surface area contributed by atoms with E-state index in [4.69, 9.17) is 4.74 Å². The Kier molecular flexibility index (Phi) is 6.75. The van der Waals surface area contributed by atoms with E-state index in [1.807, 2.05) is 25.1 Å². The Morgan fingerprint density at radius 3 is 2.58 bits per heavy atom. The van der Waals surface area contributed by atoms with Crippen LogP contribution in [0, 0.1) is 17.1 Å². The number of amides is 1. The summed E-state index contributed by atoms with van der Waals surface area (Å²) in [4.78, 5) is 12.2. The lowest BCUT2D eigenvalue weighted by atomic mass is 10.1. The molecule has 1 atom stereocenters. The van der Waals surface area contributed by atoms with Gasteiger partial charge in [-0.2, -0.15) is 5.26 Å². The molecule has 0 bridgehead atoms. The number of nitrogens with one attached hydrogen (secondary N) is 2. The van der Waals surface area contributed by atoms with Gasteiger partial charge < -0.3 is 15.4 Å². The van der Waals surface area contributed by atoms with Crippen LogP contribution < -0.4 is 15.4 Å². The molecule has 5 nitrogen and oxygen atoms in total. The highest BCUT2D eigenvalue weighted by Crippen LogP contribution is 2.17. The minimum absolute atomic E-state index is 0.0818. The van der Waals surface area contributed by atoms with Crippen LogP contribution in [0.2, 0.25) is 0 Å². The van der Waals surface area contributed by atoms with E-state index >= 15 is 0 Å². The zero-order valence-corrected chi connectivity index (χ0v) is 14.6. The lowest BCUT2D eigenvalue weighted by molar-refractivity contribution is -0.117. The predicted octanol–water partition coefficient (Wildman–Crippen LogP) is 3.21. The number of benzene rings is 2. The van der Waals surface area contributed by atoms with E-state index in [2.05, 4.69) is 10.6 Å². The van der Waals surface area contributed by atoms with Crippen LogP contribution in [0.1, 0.15) is 24.1 Å². The molecule has 6 heteroatoms. The van der Waals surface area contributed by atoms with Gasteiger partial charge in [0.05, 0.1) is 13.2 Å². The molecule has 2 rings (SSSR count). The van der Waals surface area contributed by atoms with E-state index in [0.29, 0.717) is 5.56 Å². The molecule has 2 aromatic carbocycles. The second-order valence-electron chi connectivity index (χ2n) is 5.61. The second kappa shape index (κ2) is 9.23. The van der Waals surface area contributed by atoms with Crippen LogP contribution in [0.25, 0.3) is 0 Å². The summed E-state index contributed by atoms with van der Waals surface area (Å²) < 4.78 is 18.7. The quantitative estimate of drug-likeness (QED) is 0.592. The van der Waals surface area contributed by atoms with Crippen LogP contribution >= 0.6 is 0 Å². The minimum atomic E-state index is -0.503. The Bertz CT molecular complexity index is 826. The first kappa shape index (κ1) is 19.0. The highest BCUT2D eigenvalue weighted by molar-refractivity contribution is 5.97. The number of halogens is 1. The summed E-state index contributed by atoms with van der Waals surface area (Å²) in [5.74, 6) is -0.122. The molecule has 2 N–H and O–H groups in total. The van der Waals surface area contributed by atoms with Gasteiger partial charge in [0.15, 0.2) is 0 Å². The lowest BCUT2D eigenvalue weighted by Crippen LogP contribution is -2.28. The smallest absolute Gasteiger partial charge is 0.263 e. The summed E-state index contributed by atoms with van der Waals surface area (Å²) in [6, 6.07) is 15.2. The number of nitrogens with zero attached hydrogens (tertiary/aromatic N) is 1. The van der Waals surface area contributed by atoms with Crippen molar-refractivity contribution in [2.24, 2.45) is 0 Å². The van der Waals surface area contributed by atoms with E-state index in [-0.39, 0.29) is 24.0 Å². The normalized spacial score (nSPS) is 12.0. The summed E-state index contributed by atoms with van der Waals surface area (Å²) in [5.41, 5.74) is 1.26. The van der Waals surface area contributed by atoms with Gasteiger partial charge in [0.1, 0.15) is 23.2 Å². The van der Waals surface area contributed by atoms with Crippen LogP contribution in [0.3, 0.4) is 0 Å². The number of methoxy groups -OCH3 is 1. The molecule has 134 valence electrons. The zero-order chi connectivity index (χ0) is 18.9. The van der Waals surface area contributed by atoms with Crippen LogP contribution in [0.15, 0.2) is 60.3 Å². The molecule has 1 amide bonds. The van der Waals surface area contributed by atoms with Crippen molar-refractivity contribution in [3.63, 3.8) is 0 Å². The van der Waals surface area contributed by atoms with Gasteiger partial charge in [0, 0.05) is 18.3 Å². The van der Waals surface area contributed by atoms with Crippen LogP contribution in [0.4, 0.5) is 4.39 Å². The monoisotopic (exact) mass is 353 g/mol. The molecule has 0 saturated heterocycles. The van der Waals surface area contributed by atoms with Crippen molar-refractivity contribution in [2.45, 2.75) is 19.5 Å². The van der Waals surface area contributed by atoms with Crippen molar-refractivity contribution in [3.8, 4) is 11.8 Å². The predicted molar refractivity (Wildman–Crippen MR) is 96.5 cm³/mol. The Balaban J connectivity index is 1.96. The SMILES string of the molecule is COc1ccc(C(C)NC(=O)/C(C#N)=C\NCc2ccccc2F)cc1. The van der Waals surface area contributed by atoms with E-state index in [0.717, 1.165) is 11.3 Å². The first-order valence-electron chi connectivity index (χ1n) is 8.07. The van der Waals surface area contributed by atoms with E-state index in [1.165, 1.54) is 12.3 Å². The molecule has 0 aromatic heterocycles. The average Bonchev–Trinajstić information content (AvgIpc) is 2.66. The Labute approximate surface area is 152 Å². The van der Waals surface area contributed by atoms with Crippen molar-refractivity contribution < 1.29 is 13.9 Å². The molecule has 0 radical (unpaired) electrons. The van der Waals surface area contributed by atoms with Gasteiger partial charge in [-0.05, 0) is 30.7 Å². The Morgan fingerprint density at radius 2 is 1.96 bits per heavy atom. The van der Waals surface area contributed by atoms with Crippen LogP contribution in [0.5, 0.6) is 5.75 Å². The summed E-state index contributed by atoms with van der Waals surface area (Å²) >= 11 is 0. The number of hydrogen-bond donors (Lipinski definition) is 2. The van der Waals surface area contributed by atoms with E-state index in [1.54, 1.807) is 37.4 Å². The lowest BCUT2D eigenvalue weighted by Gasteiger charge is -2.14. The maximum atomic E-state index is 13.6.